The van der Waals surface area contributed by atoms with Gasteiger partial charge in [-0.25, -0.2) is 4.39 Å². The first-order valence-electron chi connectivity index (χ1n) is 5.25. The molecule has 0 fully saturated rings. The maximum atomic E-state index is 13.2. The van der Waals surface area contributed by atoms with Crippen molar-refractivity contribution in [2.24, 2.45) is 0 Å². The van der Waals surface area contributed by atoms with Gasteiger partial charge in [0.05, 0.1) is 10.4 Å². The lowest BCUT2D eigenvalue weighted by Crippen LogP contribution is -1.99. The quantitative estimate of drug-likeness (QED) is 0.698. The molecule has 0 N–H and O–H groups in total. The largest absolute Gasteiger partial charge is 0.263 e. The molecule has 0 saturated carbocycles. The Kier molecular flexibility index (Phi) is 4.60. The SMILES string of the molecule is Fc1ccc(Br)c(C(Cl)Cc2ccncc2Cl)c1. The summed E-state index contributed by atoms with van der Waals surface area (Å²) in [5.74, 6) is -0.306. The highest BCUT2D eigenvalue weighted by Gasteiger charge is 2.14. The Morgan fingerprint density at radius 3 is 2.83 bits per heavy atom. The van der Waals surface area contributed by atoms with Gasteiger partial charge in [0.15, 0.2) is 0 Å². The van der Waals surface area contributed by atoms with Crippen LogP contribution in [0.25, 0.3) is 0 Å². The lowest BCUT2D eigenvalue weighted by Gasteiger charge is -2.13. The number of nitrogens with zero attached hydrogens (tertiary/aromatic N) is 1. The molecule has 2 rings (SSSR count). The van der Waals surface area contributed by atoms with Crippen molar-refractivity contribution in [3.63, 3.8) is 0 Å². The van der Waals surface area contributed by atoms with Crippen molar-refractivity contribution < 1.29 is 4.39 Å². The minimum absolute atomic E-state index is 0.306. The minimum Gasteiger partial charge on any atom is -0.263 e. The molecule has 0 bridgehead atoms. The highest BCUT2D eigenvalue weighted by molar-refractivity contribution is 9.10. The second-order valence-corrected chi connectivity index (χ2v) is 5.59. The fourth-order valence-corrected chi connectivity index (χ4v) is 2.83. The van der Waals surface area contributed by atoms with Crippen LogP contribution >= 0.6 is 39.1 Å². The van der Waals surface area contributed by atoms with E-state index in [0.29, 0.717) is 17.0 Å². The van der Waals surface area contributed by atoms with Crippen LogP contribution in [-0.4, -0.2) is 4.98 Å². The zero-order valence-corrected chi connectivity index (χ0v) is 12.3. The molecule has 18 heavy (non-hydrogen) atoms. The third-order valence-corrected chi connectivity index (χ3v) is 4.00. The van der Waals surface area contributed by atoms with Crippen LogP contribution in [0.15, 0.2) is 41.1 Å². The zero-order valence-electron chi connectivity index (χ0n) is 9.21. The van der Waals surface area contributed by atoms with Gasteiger partial charge in [0.25, 0.3) is 0 Å². The topological polar surface area (TPSA) is 12.9 Å². The van der Waals surface area contributed by atoms with Gasteiger partial charge in [0.2, 0.25) is 0 Å². The summed E-state index contributed by atoms with van der Waals surface area (Å²) in [4.78, 5) is 3.91. The van der Waals surface area contributed by atoms with Crippen molar-refractivity contribution in [2.75, 3.05) is 0 Å². The molecule has 5 heteroatoms. The molecule has 2 aromatic rings. The Bertz CT molecular complexity index is 562. The van der Waals surface area contributed by atoms with Crippen LogP contribution in [0.5, 0.6) is 0 Å². The summed E-state index contributed by atoms with van der Waals surface area (Å²) in [6.07, 6.45) is 3.75. The summed E-state index contributed by atoms with van der Waals surface area (Å²) < 4.78 is 14.0. The summed E-state index contributed by atoms with van der Waals surface area (Å²) in [7, 11) is 0. The van der Waals surface area contributed by atoms with Crippen LogP contribution in [0.2, 0.25) is 5.02 Å². The second-order valence-electron chi connectivity index (χ2n) is 3.80. The Labute approximate surface area is 123 Å². The molecule has 0 saturated heterocycles. The van der Waals surface area contributed by atoms with E-state index in [1.54, 1.807) is 18.5 Å². The van der Waals surface area contributed by atoms with Crippen molar-refractivity contribution in [3.05, 3.63) is 63.1 Å². The zero-order chi connectivity index (χ0) is 13.1. The van der Waals surface area contributed by atoms with Gasteiger partial charge in [0, 0.05) is 16.9 Å². The van der Waals surface area contributed by atoms with Gasteiger partial charge in [-0.1, -0.05) is 27.5 Å². The number of alkyl halides is 1. The number of hydrogen-bond donors (Lipinski definition) is 0. The maximum Gasteiger partial charge on any atom is 0.123 e. The summed E-state index contributed by atoms with van der Waals surface area (Å²) in [5, 5.41) is 0.214. The number of benzene rings is 1. The third kappa shape index (κ3) is 3.22. The lowest BCUT2D eigenvalue weighted by molar-refractivity contribution is 0.624. The normalized spacial score (nSPS) is 12.4. The molecule has 0 aliphatic heterocycles. The van der Waals surface area contributed by atoms with Gasteiger partial charge in [-0.3, -0.25) is 4.98 Å². The first-order valence-corrected chi connectivity index (χ1v) is 6.86. The number of rotatable bonds is 3. The summed E-state index contributed by atoms with van der Waals surface area (Å²) in [6.45, 7) is 0. The highest BCUT2D eigenvalue weighted by Crippen LogP contribution is 2.32. The Morgan fingerprint density at radius 2 is 2.11 bits per heavy atom. The van der Waals surface area contributed by atoms with Gasteiger partial charge in [0.1, 0.15) is 5.82 Å². The molecule has 0 aliphatic carbocycles. The van der Waals surface area contributed by atoms with Crippen LogP contribution in [0.1, 0.15) is 16.5 Å². The van der Waals surface area contributed by atoms with Gasteiger partial charge < -0.3 is 0 Å². The third-order valence-electron chi connectivity index (χ3n) is 2.55. The molecular weight excluding hydrogens is 340 g/mol. The van der Waals surface area contributed by atoms with Crippen molar-refractivity contribution >= 4 is 39.1 Å². The molecule has 0 amide bonds. The number of aromatic nitrogens is 1. The van der Waals surface area contributed by atoms with E-state index in [2.05, 4.69) is 20.9 Å². The van der Waals surface area contributed by atoms with Gasteiger partial charge in [-0.05, 0) is 41.8 Å². The van der Waals surface area contributed by atoms with Crippen molar-refractivity contribution in [3.8, 4) is 0 Å². The Hall–Kier alpha value is -0.640. The van der Waals surface area contributed by atoms with Crippen LogP contribution < -0.4 is 0 Å². The van der Waals surface area contributed by atoms with Gasteiger partial charge in [-0.15, -0.1) is 11.6 Å². The molecule has 94 valence electrons. The van der Waals surface area contributed by atoms with Crippen molar-refractivity contribution in [1.29, 1.82) is 0 Å². The molecule has 1 aromatic heterocycles. The first-order chi connectivity index (χ1) is 8.58. The summed E-state index contributed by atoms with van der Waals surface area (Å²) in [6, 6.07) is 6.27. The molecule has 1 atom stereocenters. The van der Waals surface area contributed by atoms with E-state index in [1.807, 2.05) is 6.07 Å². The molecule has 0 radical (unpaired) electrons. The van der Waals surface area contributed by atoms with E-state index in [4.69, 9.17) is 23.2 Å². The average Bonchev–Trinajstić information content (AvgIpc) is 2.35. The fourth-order valence-electron chi connectivity index (χ4n) is 1.63. The van der Waals surface area contributed by atoms with Gasteiger partial charge >= 0.3 is 0 Å². The Morgan fingerprint density at radius 1 is 1.33 bits per heavy atom. The van der Waals surface area contributed by atoms with E-state index in [1.165, 1.54) is 12.1 Å². The van der Waals surface area contributed by atoms with E-state index in [9.17, 15) is 4.39 Å². The monoisotopic (exact) mass is 347 g/mol. The van der Waals surface area contributed by atoms with Crippen LogP contribution in [-0.2, 0) is 6.42 Å². The van der Waals surface area contributed by atoms with Crippen LogP contribution in [0.4, 0.5) is 4.39 Å². The number of pyridine rings is 1. The minimum atomic E-state index is -0.352. The molecule has 1 unspecified atom stereocenters. The summed E-state index contributed by atoms with van der Waals surface area (Å²) >= 11 is 15.7. The second kappa shape index (κ2) is 6.00. The maximum absolute atomic E-state index is 13.2. The predicted octanol–water partition coefficient (Wildman–Crippen LogP) is 5.16. The molecule has 1 heterocycles. The first kappa shape index (κ1) is 13.8. The highest BCUT2D eigenvalue weighted by atomic mass is 79.9. The van der Waals surface area contributed by atoms with Crippen molar-refractivity contribution in [1.82, 2.24) is 4.98 Å². The average molecular weight is 349 g/mol. The standard InChI is InChI=1S/C13H9BrCl2FN/c14-11-2-1-9(17)6-10(11)12(15)5-8-3-4-18-7-13(8)16/h1-4,6-7,12H,5H2. The van der Waals surface area contributed by atoms with Crippen molar-refractivity contribution in [2.45, 2.75) is 11.8 Å². The van der Waals surface area contributed by atoms with E-state index in [0.717, 1.165) is 10.0 Å². The Balaban J connectivity index is 2.25. The molecule has 0 aliphatic rings. The molecule has 1 aromatic carbocycles. The van der Waals surface area contributed by atoms with E-state index in [-0.39, 0.29) is 11.2 Å². The number of hydrogen-bond acceptors (Lipinski definition) is 1. The molecule has 0 spiro atoms. The smallest absolute Gasteiger partial charge is 0.123 e. The van der Waals surface area contributed by atoms with E-state index >= 15 is 0 Å². The van der Waals surface area contributed by atoms with Crippen LogP contribution in [0.3, 0.4) is 0 Å². The lowest BCUT2D eigenvalue weighted by atomic mass is 10.0. The predicted molar refractivity (Wildman–Crippen MR) is 75.6 cm³/mol. The fraction of sp³-hybridized carbons (Fsp3) is 0.154. The van der Waals surface area contributed by atoms with Crippen LogP contribution in [0, 0.1) is 5.82 Å². The number of halogens is 4. The van der Waals surface area contributed by atoms with E-state index < -0.39 is 0 Å². The molecular formula is C13H9BrCl2FN. The summed E-state index contributed by atoms with van der Waals surface area (Å²) in [5.41, 5.74) is 1.60. The molecule has 1 nitrogen and oxygen atoms in total. The van der Waals surface area contributed by atoms with Gasteiger partial charge in [-0.2, -0.15) is 0 Å².